The van der Waals surface area contributed by atoms with Crippen LogP contribution in [0.4, 0.5) is 43.1 Å². The van der Waals surface area contributed by atoms with Crippen molar-refractivity contribution in [2.75, 3.05) is 17.7 Å². The number of hydrogen-bond donors (Lipinski definition) is 2. The summed E-state index contributed by atoms with van der Waals surface area (Å²) in [4.78, 5) is 16.3. The first-order valence-corrected chi connectivity index (χ1v) is 13.7. The van der Waals surface area contributed by atoms with Crippen molar-refractivity contribution >= 4 is 61.1 Å². The quantitative estimate of drug-likeness (QED) is 0.178. The van der Waals surface area contributed by atoms with Gasteiger partial charge in [0, 0.05) is 12.1 Å². The maximum absolute atomic E-state index is 12.8. The number of benzene rings is 1. The molecule has 20 heteroatoms. The molecular weight excluding hydrogens is 647 g/mol. The van der Waals surface area contributed by atoms with Gasteiger partial charge in [0.15, 0.2) is 5.13 Å². The fraction of sp³-hybridized carbons (Fsp3) is 0.190. The summed E-state index contributed by atoms with van der Waals surface area (Å²) >= 11 is 11.6. The van der Waals surface area contributed by atoms with E-state index in [2.05, 4.69) is 30.2 Å². The lowest BCUT2D eigenvalue weighted by atomic mass is 10.3. The van der Waals surface area contributed by atoms with E-state index in [1.54, 1.807) is 19.1 Å². The van der Waals surface area contributed by atoms with Gasteiger partial charge < -0.3 is 15.8 Å². The zero-order valence-electron chi connectivity index (χ0n) is 20.1. The third-order valence-electron chi connectivity index (χ3n) is 4.33. The number of hydrogen-bond acceptors (Lipinski definition) is 11. The Kier molecular flexibility index (Phi) is 9.83. The average Bonchev–Trinajstić information content (AvgIpc) is 3.32. The zero-order chi connectivity index (χ0) is 30.6. The number of aromatic nitrogens is 5. The molecule has 0 spiro atoms. The molecule has 0 radical (unpaired) electrons. The second-order valence-corrected chi connectivity index (χ2v) is 11.3. The molecule has 4 aromatic rings. The van der Waals surface area contributed by atoms with Crippen LogP contribution in [0.5, 0.6) is 5.75 Å². The van der Waals surface area contributed by atoms with Gasteiger partial charge in [-0.15, -0.1) is 0 Å². The van der Waals surface area contributed by atoms with Crippen molar-refractivity contribution in [2.45, 2.75) is 28.4 Å². The van der Waals surface area contributed by atoms with E-state index >= 15 is 0 Å². The number of nitrogens with zero attached hydrogens (tertiary/aromatic N) is 5. The molecule has 0 aliphatic carbocycles. The van der Waals surface area contributed by atoms with Crippen molar-refractivity contribution in [3.8, 4) is 5.75 Å². The second kappa shape index (κ2) is 12.6. The molecule has 10 nitrogen and oxygen atoms in total. The average molecular weight is 662 g/mol. The minimum absolute atomic E-state index is 0.00286. The summed E-state index contributed by atoms with van der Waals surface area (Å²) in [6.45, 7) is 2.14. The number of nitrogen functional groups attached to an aromatic ring is 1. The number of nitrogens with two attached hydrogens (primary N) is 1. The number of halogens is 8. The van der Waals surface area contributed by atoms with E-state index in [0.29, 0.717) is 12.4 Å². The highest BCUT2D eigenvalue weighted by molar-refractivity contribution is 7.93. The Balaban J connectivity index is 0.000000322. The maximum Gasteiger partial charge on any atom is 0.451 e. The highest BCUT2D eigenvalue weighted by Gasteiger charge is 2.36. The van der Waals surface area contributed by atoms with Crippen molar-refractivity contribution < 1.29 is 39.5 Å². The number of nitrogens with one attached hydrogen (secondary N) is 1. The van der Waals surface area contributed by atoms with Gasteiger partial charge in [-0.25, -0.2) is 33.3 Å². The van der Waals surface area contributed by atoms with E-state index in [1.165, 1.54) is 12.1 Å². The lowest BCUT2D eigenvalue weighted by molar-refractivity contribution is -0.145. The monoisotopic (exact) mass is 661 g/mol. The molecule has 0 unspecified atom stereocenters. The van der Waals surface area contributed by atoms with Crippen LogP contribution >= 0.6 is 34.5 Å². The lowest BCUT2D eigenvalue weighted by Crippen LogP contribution is -2.12. The molecule has 0 amide bonds. The number of alkyl halides is 6. The molecule has 0 saturated carbocycles. The van der Waals surface area contributed by atoms with Gasteiger partial charge in [0.2, 0.25) is 21.5 Å². The lowest BCUT2D eigenvalue weighted by Gasteiger charge is -2.08. The molecule has 0 fully saturated rings. The van der Waals surface area contributed by atoms with Gasteiger partial charge in [0.05, 0.1) is 17.7 Å². The van der Waals surface area contributed by atoms with Crippen LogP contribution < -0.4 is 15.8 Å². The highest BCUT2D eigenvalue weighted by atomic mass is 35.5. The van der Waals surface area contributed by atoms with Crippen molar-refractivity contribution in [1.82, 2.24) is 24.9 Å². The van der Waals surface area contributed by atoms with Gasteiger partial charge in [0.1, 0.15) is 31.9 Å². The molecule has 0 aliphatic heterocycles. The SMILES string of the molecule is CCOc1cccc(S(=O)(=O)c2cnc(Nc3cc(Cl)nc(C(F)(F)F)n3)s2)c1.Nc1cc(Cl)nc(C(F)(F)F)n1. The smallest absolute Gasteiger partial charge is 0.451 e. The van der Waals surface area contributed by atoms with Gasteiger partial charge in [-0.2, -0.15) is 26.3 Å². The number of anilines is 3. The summed E-state index contributed by atoms with van der Waals surface area (Å²) in [5.74, 6) is -2.93. The van der Waals surface area contributed by atoms with Crippen LogP contribution in [0.3, 0.4) is 0 Å². The van der Waals surface area contributed by atoms with Crippen molar-refractivity contribution in [3.05, 3.63) is 64.6 Å². The highest BCUT2D eigenvalue weighted by Crippen LogP contribution is 2.33. The zero-order valence-corrected chi connectivity index (χ0v) is 23.3. The molecule has 0 aliphatic rings. The standard InChI is InChI=1S/C16H12ClF3N4O3S2.C5H3ClF3N3/c1-2-27-9-4-3-5-10(6-9)29(25,26)13-8-21-15(28-13)24-12-7-11(17)22-14(23-12)16(18,19)20;6-2-1-3(10)12-4(11-2)5(7,8)9/h3-8H,2H2,1H3,(H,21,22,23,24);1H,(H2,10,11,12). The molecule has 3 aromatic heterocycles. The Morgan fingerprint density at radius 3 is 2.15 bits per heavy atom. The molecule has 1 aromatic carbocycles. The number of sulfone groups is 1. The Morgan fingerprint density at radius 2 is 1.56 bits per heavy atom. The minimum Gasteiger partial charge on any atom is -0.494 e. The predicted octanol–water partition coefficient (Wildman–Crippen LogP) is 6.31. The van der Waals surface area contributed by atoms with Crippen LogP contribution in [0.25, 0.3) is 0 Å². The van der Waals surface area contributed by atoms with Gasteiger partial charge in [0.25, 0.3) is 0 Å². The molecule has 0 saturated heterocycles. The van der Waals surface area contributed by atoms with E-state index in [9.17, 15) is 34.8 Å². The molecule has 0 bridgehead atoms. The van der Waals surface area contributed by atoms with Crippen LogP contribution in [0, 0.1) is 0 Å². The Morgan fingerprint density at radius 1 is 0.951 bits per heavy atom. The first-order chi connectivity index (χ1) is 19.0. The molecule has 3 heterocycles. The van der Waals surface area contributed by atoms with Gasteiger partial charge in [-0.1, -0.05) is 40.6 Å². The second-order valence-electron chi connectivity index (χ2n) is 7.35. The number of ether oxygens (including phenoxy) is 1. The summed E-state index contributed by atoms with van der Waals surface area (Å²) in [5, 5.41) is 1.79. The minimum atomic E-state index is -4.79. The molecule has 220 valence electrons. The number of thiazole rings is 1. The van der Waals surface area contributed by atoms with Crippen LogP contribution in [-0.2, 0) is 22.2 Å². The van der Waals surface area contributed by atoms with E-state index in [0.717, 1.165) is 29.7 Å². The van der Waals surface area contributed by atoms with E-state index < -0.39 is 39.0 Å². The van der Waals surface area contributed by atoms with Gasteiger partial charge in [-0.05, 0) is 25.1 Å². The summed E-state index contributed by atoms with van der Waals surface area (Å²) in [7, 11) is -3.89. The van der Waals surface area contributed by atoms with Crippen molar-refractivity contribution in [3.63, 3.8) is 0 Å². The first kappa shape index (κ1) is 32.0. The van der Waals surface area contributed by atoms with Gasteiger partial charge in [-0.3, -0.25) is 0 Å². The van der Waals surface area contributed by atoms with Crippen LogP contribution in [0.15, 0.2) is 51.7 Å². The summed E-state index contributed by atoms with van der Waals surface area (Å²) in [6, 6.07) is 8.06. The normalized spacial score (nSPS) is 11.9. The Hall–Kier alpha value is -3.48. The van der Waals surface area contributed by atoms with Crippen molar-refractivity contribution in [1.29, 1.82) is 0 Å². The van der Waals surface area contributed by atoms with Crippen molar-refractivity contribution in [2.24, 2.45) is 0 Å². The van der Waals surface area contributed by atoms with Crippen LogP contribution in [-0.4, -0.2) is 39.9 Å². The molecule has 0 atom stereocenters. The summed E-state index contributed by atoms with van der Waals surface area (Å²) in [6.07, 6.45) is -8.30. The largest absolute Gasteiger partial charge is 0.494 e. The molecule has 41 heavy (non-hydrogen) atoms. The van der Waals surface area contributed by atoms with Crippen LogP contribution in [0.2, 0.25) is 10.3 Å². The third-order valence-corrected chi connectivity index (χ3v) is 7.84. The number of rotatable bonds is 6. The van der Waals surface area contributed by atoms with Crippen LogP contribution in [0.1, 0.15) is 18.6 Å². The summed E-state index contributed by atoms with van der Waals surface area (Å²) < 4.78 is 105. The Bertz CT molecular complexity index is 1620. The van der Waals surface area contributed by atoms with E-state index in [4.69, 9.17) is 33.7 Å². The Labute approximate surface area is 241 Å². The fourth-order valence-corrected chi connectivity index (χ4v) is 5.58. The maximum atomic E-state index is 12.8. The van der Waals surface area contributed by atoms with E-state index in [1.807, 2.05) is 0 Å². The molecule has 3 N–H and O–H groups in total. The predicted molar refractivity (Wildman–Crippen MR) is 137 cm³/mol. The third kappa shape index (κ3) is 8.75. The van der Waals surface area contributed by atoms with E-state index in [-0.39, 0.29) is 31.0 Å². The fourth-order valence-electron chi connectivity index (χ4n) is 2.74. The topological polar surface area (TPSA) is 146 Å². The molecular formula is C21H15Cl2F6N7O3S2. The summed E-state index contributed by atoms with van der Waals surface area (Å²) in [5.41, 5.74) is 5.02. The first-order valence-electron chi connectivity index (χ1n) is 10.7. The van der Waals surface area contributed by atoms with Gasteiger partial charge >= 0.3 is 12.4 Å². The molecule has 4 rings (SSSR count).